The van der Waals surface area contributed by atoms with E-state index in [9.17, 15) is 14.3 Å². The van der Waals surface area contributed by atoms with Crippen LogP contribution < -0.4 is 10.3 Å². The normalized spacial score (nSPS) is 12.2. The van der Waals surface area contributed by atoms with Gasteiger partial charge in [0.1, 0.15) is 23.3 Å². The van der Waals surface area contributed by atoms with Gasteiger partial charge in [-0.3, -0.25) is 9.36 Å². The van der Waals surface area contributed by atoms with Crippen LogP contribution in [0.3, 0.4) is 0 Å². The largest absolute Gasteiger partial charge is 0.496 e. The maximum atomic E-state index is 13.2. The van der Waals surface area contributed by atoms with Crippen LogP contribution in [-0.4, -0.2) is 44.3 Å². The number of nitrogens with zero attached hydrogens (tertiary/aromatic N) is 4. The first kappa shape index (κ1) is 20.7. The molecule has 31 heavy (non-hydrogen) atoms. The molecule has 9 heteroatoms. The third-order valence-corrected chi connectivity index (χ3v) is 4.79. The van der Waals surface area contributed by atoms with E-state index in [-0.39, 0.29) is 31.1 Å². The van der Waals surface area contributed by atoms with Crippen molar-refractivity contribution < 1.29 is 19.0 Å². The van der Waals surface area contributed by atoms with Gasteiger partial charge in [-0.2, -0.15) is 5.10 Å². The number of aliphatic hydroxyl groups excluding tert-OH is 1. The molecule has 2 aromatic heterocycles. The second-order valence-electron chi connectivity index (χ2n) is 6.95. The number of hydrogen-bond donors (Lipinski definition) is 1. The highest BCUT2D eigenvalue weighted by Gasteiger charge is 2.14. The van der Waals surface area contributed by atoms with Crippen LogP contribution >= 0.6 is 0 Å². The Kier molecular flexibility index (Phi) is 6.06. The monoisotopic (exact) mass is 424 g/mol. The first-order valence-corrected chi connectivity index (χ1v) is 9.63. The minimum absolute atomic E-state index is 0.0232. The lowest BCUT2D eigenvalue weighted by atomic mass is 10.2. The Hall–Kier alpha value is -3.56. The Labute approximate surface area is 177 Å². The fraction of sp³-hybridized carbons (Fsp3) is 0.227. The number of aliphatic hydroxyl groups is 1. The van der Waals surface area contributed by atoms with Gasteiger partial charge in [-0.25, -0.2) is 14.1 Å². The quantitative estimate of drug-likeness (QED) is 0.467. The number of fused-ring (bicyclic) bond motifs is 1. The zero-order valence-electron chi connectivity index (χ0n) is 16.8. The summed E-state index contributed by atoms with van der Waals surface area (Å²) in [5.41, 5.74) is 1.48. The molecule has 2 heterocycles. The lowest BCUT2D eigenvalue weighted by molar-refractivity contribution is 0.0192. The van der Waals surface area contributed by atoms with E-state index in [1.54, 1.807) is 19.2 Å². The van der Waals surface area contributed by atoms with Crippen molar-refractivity contribution in [1.29, 1.82) is 0 Å². The number of halogens is 1. The van der Waals surface area contributed by atoms with Crippen molar-refractivity contribution in [2.45, 2.75) is 19.3 Å². The fourth-order valence-corrected chi connectivity index (χ4v) is 3.26. The van der Waals surface area contributed by atoms with Gasteiger partial charge in [0.05, 0.1) is 44.9 Å². The molecule has 160 valence electrons. The van der Waals surface area contributed by atoms with E-state index >= 15 is 0 Å². The summed E-state index contributed by atoms with van der Waals surface area (Å²) >= 11 is 0. The molecule has 0 aliphatic heterocycles. The Morgan fingerprint density at radius 3 is 2.71 bits per heavy atom. The summed E-state index contributed by atoms with van der Waals surface area (Å²) in [5, 5.41) is 14.8. The van der Waals surface area contributed by atoms with Crippen LogP contribution in [0.5, 0.6) is 5.75 Å². The van der Waals surface area contributed by atoms with Crippen LogP contribution in [0.4, 0.5) is 4.39 Å². The smallest absolute Gasteiger partial charge is 0.264 e. The Morgan fingerprint density at radius 2 is 1.94 bits per heavy atom. The van der Waals surface area contributed by atoms with Crippen LogP contribution in [0.25, 0.3) is 16.7 Å². The molecule has 0 aliphatic rings. The van der Waals surface area contributed by atoms with Crippen LogP contribution in [0, 0.1) is 5.82 Å². The van der Waals surface area contributed by atoms with E-state index in [2.05, 4.69) is 10.1 Å². The van der Waals surface area contributed by atoms with E-state index in [4.69, 9.17) is 9.47 Å². The summed E-state index contributed by atoms with van der Waals surface area (Å²) in [6.45, 7) is 0.338. The molecule has 0 fully saturated rings. The van der Waals surface area contributed by atoms with Crippen molar-refractivity contribution in [1.82, 2.24) is 19.3 Å². The van der Waals surface area contributed by atoms with Crippen molar-refractivity contribution in [3.8, 4) is 11.4 Å². The molecule has 0 amide bonds. The van der Waals surface area contributed by atoms with Gasteiger partial charge < -0.3 is 14.6 Å². The third-order valence-electron chi connectivity index (χ3n) is 4.79. The lowest BCUT2D eigenvalue weighted by Crippen LogP contribution is -2.29. The van der Waals surface area contributed by atoms with E-state index in [1.807, 2.05) is 24.3 Å². The van der Waals surface area contributed by atoms with Crippen molar-refractivity contribution in [2.24, 2.45) is 0 Å². The second-order valence-corrected chi connectivity index (χ2v) is 6.95. The van der Waals surface area contributed by atoms with Gasteiger partial charge in [-0.1, -0.05) is 18.2 Å². The maximum absolute atomic E-state index is 13.2. The topological polar surface area (TPSA) is 91.4 Å². The molecular weight excluding hydrogens is 403 g/mol. The van der Waals surface area contributed by atoms with Crippen LogP contribution in [0.1, 0.15) is 5.56 Å². The number of para-hydroxylation sites is 1. The summed E-state index contributed by atoms with van der Waals surface area (Å²) in [7, 11) is 1.58. The summed E-state index contributed by atoms with van der Waals surface area (Å²) < 4.78 is 26.8. The van der Waals surface area contributed by atoms with Crippen LogP contribution in [0.2, 0.25) is 0 Å². The van der Waals surface area contributed by atoms with Gasteiger partial charge in [-0.05, 0) is 30.3 Å². The van der Waals surface area contributed by atoms with Gasteiger partial charge in [0.25, 0.3) is 5.56 Å². The number of benzene rings is 2. The molecular formula is C22H21FN4O4. The van der Waals surface area contributed by atoms with Crippen LogP contribution in [-0.2, 0) is 17.9 Å². The molecule has 1 atom stereocenters. The van der Waals surface area contributed by atoms with Gasteiger partial charge in [-0.15, -0.1) is 0 Å². The van der Waals surface area contributed by atoms with Crippen LogP contribution in [0.15, 0.2) is 65.8 Å². The van der Waals surface area contributed by atoms with Gasteiger partial charge in [0.15, 0.2) is 5.65 Å². The Balaban J connectivity index is 1.44. The van der Waals surface area contributed by atoms with Crippen molar-refractivity contribution in [3.05, 3.63) is 82.8 Å². The number of aromatic nitrogens is 4. The van der Waals surface area contributed by atoms with Gasteiger partial charge in [0.2, 0.25) is 0 Å². The molecule has 0 radical (unpaired) electrons. The molecule has 1 N–H and O–H groups in total. The fourth-order valence-electron chi connectivity index (χ4n) is 3.26. The standard InChI is InChI=1S/C22H21FN4O4/c1-30-20-5-3-2-4-15(20)12-31-13-18(28)11-26-14-24-21-19(22(26)29)10-25-27(21)17-8-6-16(23)7-9-17/h2-10,14,18,28H,11-13H2,1H3/t18-/m0/s1. The van der Waals surface area contributed by atoms with E-state index in [1.165, 1.54) is 33.9 Å². The number of ether oxygens (including phenoxy) is 2. The summed E-state index contributed by atoms with van der Waals surface area (Å²) in [6, 6.07) is 13.2. The molecule has 4 aromatic rings. The molecule has 0 aliphatic carbocycles. The van der Waals surface area contributed by atoms with Crippen molar-refractivity contribution in [3.63, 3.8) is 0 Å². The number of rotatable bonds is 8. The first-order valence-electron chi connectivity index (χ1n) is 9.63. The summed E-state index contributed by atoms with van der Waals surface area (Å²) in [4.78, 5) is 17.1. The minimum atomic E-state index is -0.904. The SMILES string of the molecule is COc1ccccc1COC[C@@H](O)Cn1cnc2c(cnn2-c2ccc(F)cc2)c1=O. The molecule has 0 spiro atoms. The number of methoxy groups -OCH3 is 1. The van der Waals surface area contributed by atoms with Crippen molar-refractivity contribution in [2.75, 3.05) is 13.7 Å². The van der Waals surface area contributed by atoms with Crippen molar-refractivity contribution >= 4 is 11.0 Å². The Morgan fingerprint density at radius 1 is 1.16 bits per heavy atom. The second kappa shape index (κ2) is 9.07. The maximum Gasteiger partial charge on any atom is 0.264 e. The zero-order chi connectivity index (χ0) is 21.8. The molecule has 4 rings (SSSR count). The average Bonchev–Trinajstić information content (AvgIpc) is 3.21. The highest BCUT2D eigenvalue weighted by molar-refractivity contribution is 5.74. The predicted molar refractivity (Wildman–Crippen MR) is 112 cm³/mol. The third kappa shape index (κ3) is 4.47. The highest BCUT2D eigenvalue weighted by Crippen LogP contribution is 2.18. The first-order chi connectivity index (χ1) is 15.1. The average molecular weight is 424 g/mol. The summed E-state index contributed by atoms with van der Waals surface area (Å²) in [5.74, 6) is 0.346. The van der Waals surface area contributed by atoms with E-state index in [0.29, 0.717) is 22.5 Å². The molecule has 0 bridgehead atoms. The molecule has 0 saturated heterocycles. The van der Waals surface area contributed by atoms with Gasteiger partial charge in [0, 0.05) is 5.56 Å². The molecule has 0 saturated carbocycles. The molecule has 2 aromatic carbocycles. The van der Waals surface area contributed by atoms with E-state index < -0.39 is 6.10 Å². The van der Waals surface area contributed by atoms with Gasteiger partial charge >= 0.3 is 0 Å². The highest BCUT2D eigenvalue weighted by atomic mass is 19.1. The number of hydrogen-bond acceptors (Lipinski definition) is 6. The zero-order valence-corrected chi connectivity index (χ0v) is 16.8. The lowest BCUT2D eigenvalue weighted by Gasteiger charge is -2.14. The summed E-state index contributed by atoms with van der Waals surface area (Å²) in [6.07, 6.45) is 1.86. The predicted octanol–water partition coefficient (Wildman–Crippen LogP) is 2.31. The van der Waals surface area contributed by atoms with E-state index in [0.717, 1.165) is 5.56 Å². The Bertz CT molecular complexity index is 1240. The molecule has 0 unspecified atom stereocenters. The molecule has 8 nitrogen and oxygen atoms in total. The minimum Gasteiger partial charge on any atom is -0.496 e.